The molecule has 0 aromatic carbocycles. The Morgan fingerprint density at radius 1 is 1.25 bits per heavy atom. The van der Waals surface area contributed by atoms with Gasteiger partial charge in [0.2, 0.25) is 0 Å². The third-order valence-corrected chi connectivity index (χ3v) is 2.50. The van der Waals surface area contributed by atoms with Crippen molar-refractivity contribution < 1.29 is 0 Å². The van der Waals surface area contributed by atoms with Crippen molar-refractivity contribution in [1.82, 2.24) is 5.32 Å². The molecule has 2 nitrogen and oxygen atoms in total. The predicted octanol–water partition coefficient (Wildman–Crippen LogP) is 2.21. The second-order valence-corrected chi connectivity index (χ2v) is 3.55. The molecular weight excluding hydrogens is 148 g/mol. The zero-order chi connectivity index (χ0) is 8.65. The molecule has 0 atom stereocenters. The molecule has 0 heterocycles. The largest absolute Gasteiger partial charge is 0.314 e. The van der Waals surface area contributed by atoms with Crippen LogP contribution in [0.1, 0.15) is 44.9 Å². The normalized spacial score (nSPS) is 18.9. The maximum absolute atomic E-state index is 8.33. The maximum Gasteiger partial charge on any atom is 0.0622 e. The highest BCUT2D eigenvalue weighted by molar-refractivity contribution is 4.74. The lowest BCUT2D eigenvalue weighted by Gasteiger charge is -2.22. The zero-order valence-corrected chi connectivity index (χ0v) is 7.68. The van der Waals surface area contributed by atoms with Crippen LogP contribution in [0.5, 0.6) is 0 Å². The van der Waals surface area contributed by atoms with Gasteiger partial charge in [-0.3, -0.25) is 0 Å². The van der Waals surface area contributed by atoms with Gasteiger partial charge in [0, 0.05) is 12.5 Å². The number of nitriles is 1. The van der Waals surface area contributed by atoms with Crippen LogP contribution in [0.2, 0.25) is 0 Å². The Hall–Kier alpha value is -0.550. The summed E-state index contributed by atoms with van der Waals surface area (Å²) in [5.74, 6) is 0. The lowest BCUT2D eigenvalue weighted by atomic mass is 9.95. The molecule has 1 saturated carbocycles. The van der Waals surface area contributed by atoms with E-state index in [0.29, 0.717) is 6.42 Å². The topological polar surface area (TPSA) is 35.8 Å². The molecule has 0 aromatic heterocycles. The van der Waals surface area contributed by atoms with Crippen molar-refractivity contribution in [2.24, 2.45) is 0 Å². The van der Waals surface area contributed by atoms with Gasteiger partial charge in [-0.2, -0.15) is 5.26 Å². The number of hydrogen-bond donors (Lipinski definition) is 1. The van der Waals surface area contributed by atoms with Gasteiger partial charge in [-0.15, -0.1) is 0 Å². The van der Waals surface area contributed by atoms with Crippen molar-refractivity contribution in [2.45, 2.75) is 51.0 Å². The number of hydrogen-bond acceptors (Lipinski definition) is 2. The monoisotopic (exact) mass is 166 g/mol. The van der Waals surface area contributed by atoms with E-state index in [1.807, 2.05) is 0 Å². The Morgan fingerprint density at radius 2 is 2.00 bits per heavy atom. The SMILES string of the molecule is N#CCCCNC1CCCCC1. The summed E-state index contributed by atoms with van der Waals surface area (Å²) in [7, 11) is 0. The van der Waals surface area contributed by atoms with Gasteiger partial charge in [0.05, 0.1) is 6.07 Å². The van der Waals surface area contributed by atoms with Crippen molar-refractivity contribution >= 4 is 0 Å². The van der Waals surface area contributed by atoms with Crippen LogP contribution < -0.4 is 5.32 Å². The molecule has 0 amide bonds. The van der Waals surface area contributed by atoms with Crippen LogP contribution in [0.15, 0.2) is 0 Å². The van der Waals surface area contributed by atoms with E-state index in [1.165, 1.54) is 32.1 Å². The summed E-state index contributed by atoms with van der Waals surface area (Å²) in [6.45, 7) is 1.03. The first-order chi connectivity index (χ1) is 5.93. The van der Waals surface area contributed by atoms with Crippen LogP contribution in [-0.4, -0.2) is 12.6 Å². The van der Waals surface area contributed by atoms with Gasteiger partial charge in [-0.25, -0.2) is 0 Å². The summed E-state index contributed by atoms with van der Waals surface area (Å²) in [6, 6.07) is 2.91. The van der Waals surface area contributed by atoms with Gasteiger partial charge in [-0.05, 0) is 25.8 Å². The fourth-order valence-electron chi connectivity index (χ4n) is 1.78. The lowest BCUT2D eigenvalue weighted by molar-refractivity contribution is 0.373. The Balaban J connectivity index is 1.95. The number of unbranched alkanes of at least 4 members (excludes halogenated alkanes) is 1. The molecule has 1 fully saturated rings. The predicted molar refractivity (Wildman–Crippen MR) is 49.7 cm³/mol. The first-order valence-electron chi connectivity index (χ1n) is 5.04. The molecule has 1 aliphatic carbocycles. The quantitative estimate of drug-likeness (QED) is 0.650. The van der Waals surface area contributed by atoms with E-state index in [-0.39, 0.29) is 0 Å². The van der Waals surface area contributed by atoms with Crippen molar-refractivity contribution in [2.75, 3.05) is 6.54 Å². The minimum atomic E-state index is 0.694. The van der Waals surface area contributed by atoms with Crippen molar-refractivity contribution in [3.05, 3.63) is 0 Å². The van der Waals surface area contributed by atoms with E-state index < -0.39 is 0 Å². The lowest BCUT2D eigenvalue weighted by Crippen LogP contribution is -2.31. The van der Waals surface area contributed by atoms with E-state index in [0.717, 1.165) is 19.0 Å². The van der Waals surface area contributed by atoms with Crippen molar-refractivity contribution in [3.8, 4) is 6.07 Å². The van der Waals surface area contributed by atoms with Gasteiger partial charge >= 0.3 is 0 Å². The zero-order valence-electron chi connectivity index (χ0n) is 7.68. The smallest absolute Gasteiger partial charge is 0.0622 e. The highest BCUT2D eigenvalue weighted by Gasteiger charge is 2.11. The number of rotatable bonds is 4. The third kappa shape index (κ3) is 3.73. The first kappa shape index (κ1) is 9.54. The van der Waals surface area contributed by atoms with Crippen LogP contribution in [0.25, 0.3) is 0 Å². The Labute approximate surface area is 75.0 Å². The third-order valence-electron chi connectivity index (χ3n) is 2.50. The second kappa shape index (κ2) is 6.02. The summed E-state index contributed by atoms with van der Waals surface area (Å²) in [4.78, 5) is 0. The molecule has 0 bridgehead atoms. The Kier molecular flexibility index (Phi) is 4.79. The maximum atomic E-state index is 8.33. The Bertz CT molecular complexity index is 142. The average Bonchev–Trinajstić information content (AvgIpc) is 2.14. The van der Waals surface area contributed by atoms with Crippen LogP contribution in [0.4, 0.5) is 0 Å². The van der Waals surface area contributed by atoms with Crippen LogP contribution in [0, 0.1) is 11.3 Å². The highest BCUT2D eigenvalue weighted by Crippen LogP contribution is 2.17. The number of nitrogens with one attached hydrogen (secondary N) is 1. The summed E-state index contributed by atoms with van der Waals surface area (Å²) in [5.41, 5.74) is 0. The second-order valence-electron chi connectivity index (χ2n) is 3.55. The molecule has 0 unspecified atom stereocenters. The fourth-order valence-corrected chi connectivity index (χ4v) is 1.78. The first-order valence-corrected chi connectivity index (χ1v) is 5.04. The molecule has 0 aromatic rings. The summed E-state index contributed by atoms with van der Waals surface area (Å²) < 4.78 is 0. The molecule has 1 rings (SSSR count). The van der Waals surface area contributed by atoms with E-state index in [9.17, 15) is 0 Å². The molecule has 12 heavy (non-hydrogen) atoms. The molecule has 1 aliphatic rings. The van der Waals surface area contributed by atoms with Gasteiger partial charge < -0.3 is 5.32 Å². The molecule has 1 N–H and O–H groups in total. The molecular formula is C10H18N2. The molecule has 2 heteroatoms. The van der Waals surface area contributed by atoms with E-state index >= 15 is 0 Å². The van der Waals surface area contributed by atoms with Crippen LogP contribution >= 0.6 is 0 Å². The molecule has 0 saturated heterocycles. The van der Waals surface area contributed by atoms with E-state index in [1.54, 1.807) is 0 Å². The summed E-state index contributed by atoms with van der Waals surface area (Å²) in [6.07, 6.45) is 8.56. The van der Waals surface area contributed by atoms with E-state index in [2.05, 4.69) is 11.4 Å². The molecule has 0 radical (unpaired) electrons. The van der Waals surface area contributed by atoms with Gasteiger partial charge in [0.15, 0.2) is 0 Å². The summed E-state index contributed by atoms with van der Waals surface area (Å²) in [5, 5.41) is 11.8. The minimum Gasteiger partial charge on any atom is -0.314 e. The molecule has 0 aliphatic heterocycles. The molecule has 0 spiro atoms. The van der Waals surface area contributed by atoms with Crippen LogP contribution in [-0.2, 0) is 0 Å². The highest BCUT2D eigenvalue weighted by atomic mass is 14.9. The van der Waals surface area contributed by atoms with Gasteiger partial charge in [-0.1, -0.05) is 19.3 Å². The number of nitrogens with zero attached hydrogens (tertiary/aromatic N) is 1. The van der Waals surface area contributed by atoms with Crippen LogP contribution in [0.3, 0.4) is 0 Å². The van der Waals surface area contributed by atoms with Crippen molar-refractivity contribution in [1.29, 1.82) is 5.26 Å². The molecule has 68 valence electrons. The Morgan fingerprint density at radius 3 is 2.67 bits per heavy atom. The van der Waals surface area contributed by atoms with E-state index in [4.69, 9.17) is 5.26 Å². The standard InChI is InChI=1S/C10H18N2/c11-8-4-5-9-12-10-6-2-1-3-7-10/h10,12H,1-7,9H2. The average molecular weight is 166 g/mol. The minimum absolute atomic E-state index is 0.694. The van der Waals surface area contributed by atoms with Gasteiger partial charge in [0.25, 0.3) is 0 Å². The summed E-state index contributed by atoms with van der Waals surface area (Å²) >= 11 is 0. The van der Waals surface area contributed by atoms with Gasteiger partial charge in [0.1, 0.15) is 0 Å². The van der Waals surface area contributed by atoms with Crippen molar-refractivity contribution in [3.63, 3.8) is 0 Å². The fraction of sp³-hybridized carbons (Fsp3) is 0.900.